The number of rotatable bonds is 2. The number of aromatic nitrogens is 2. The third-order valence-corrected chi connectivity index (χ3v) is 1.95. The fourth-order valence-corrected chi connectivity index (χ4v) is 1.24. The van der Waals surface area contributed by atoms with Gasteiger partial charge in [0.1, 0.15) is 5.75 Å². The van der Waals surface area contributed by atoms with Crippen molar-refractivity contribution < 1.29 is 9.90 Å². The number of nitrogens with one attached hydrogen (secondary N) is 1. The number of nitrogens with zero attached hydrogens (tertiary/aromatic N) is 1. The highest BCUT2D eigenvalue weighted by Gasteiger charge is 2.05. The Hall–Kier alpha value is -2.10. The van der Waals surface area contributed by atoms with Crippen LogP contribution in [0.3, 0.4) is 0 Å². The van der Waals surface area contributed by atoms with Crippen LogP contribution < -0.4 is 0 Å². The van der Waals surface area contributed by atoms with Gasteiger partial charge in [-0.25, -0.2) is 0 Å². The molecule has 0 radical (unpaired) electrons. The molecule has 14 heavy (non-hydrogen) atoms. The van der Waals surface area contributed by atoms with E-state index in [2.05, 4.69) is 10.2 Å². The Balaban J connectivity index is 2.49. The molecule has 0 fully saturated rings. The number of carbonyl (C=O) groups excluding carboxylic acids is 1. The maximum atomic E-state index is 10.6. The second-order valence-electron chi connectivity index (χ2n) is 2.87. The quantitative estimate of drug-likeness (QED) is 0.703. The van der Waals surface area contributed by atoms with E-state index in [0.717, 1.165) is 11.8 Å². The Kier molecular flexibility index (Phi) is 2.02. The number of carbonyl (C=O) groups is 1. The van der Waals surface area contributed by atoms with Crippen molar-refractivity contribution in [2.75, 3.05) is 0 Å². The number of aldehydes is 1. The van der Waals surface area contributed by atoms with Gasteiger partial charge in [0.25, 0.3) is 0 Å². The summed E-state index contributed by atoms with van der Waals surface area (Å²) in [4.78, 5) is 10.6. The summed E-state index contributed by atoms with van der Waals surface area (Å²) in [6.07, 6.45) is 2.21. The first-order valence-electron chi connectivity index (χ1n) is 4.09. The summed E-state index contributed by atoms with van der Waals surface area (Å²) in [7, 11) is 0. The van der Waals surface area contributed by atoms with Gasteiger partial charge in [-0.2, -0.15) is 5.10 Å². The van der Waals surface area contributed by atoms with E-state index in [4.69, 9.17) is 5.11 Å². The molecule has 1 aromatic carbocycles. The van der Waals surface area contributed by atoms with Crippen LogP contribution in [0.1, 0.15) is 10.4 Å². The molecule has 1 heterocycles. The fourth-order valence-electron chi connectivity index (χ4n) is 1.24. The van der Waals surface area contributed by atoms with Crippen molar-refractivity contribution in [2.24, 2.45) is 0 Å². The zero-order valence-electron chi connectivity index (χ0n) is 7.27. The zero-order valence-corrected chi connectivity index (χ0v) is 7.27. The first-order chi connectivity index (χ1) is 6.81. The molecule has 1 aromatic heterocycles. The maximum absolute atomic E-state index is 10.6. The number of phenolic OH excluding ortho intramolecular Hbond substituents is 1. The molecule has 0 aliphatic heterocycles. The van der Waals surface area contributed by atoms with Crippen LogP contribution in [-0.4, -0.2) is 21.6 Å². The molecule has 0 unspecified atom stereocenters. The predicted octanol–water partition coefficient (Wildman–Crippen LogP) is 1.59. The Bertz CT molecular complexity index is 445. The number of H-pyrrole nitrogens is 1. The van der Waals surface area contributed by atoms with Gasteiger partial charge in [-0.1, -0.05) is 0 Å². The number of hydrogen-bond donors (Lipinski definition) is 2. The lowest BCUT2D eigenvalue weighted by molar-refractivity contribution is 0.112. The second-order valence-corrected chi connectivity index (χ2v) is 2.87. The van der Waals surface area contributed by atoms with Gasteiger partial charge in [0.15, 0.2) is 6.29 Å². The van der Waals surface area contributed by atoms with Gasteiger partial charge < -0.3 is 5.11 Å². The molecule has 2 N–H and O–H groups in total. The molecule has 0 aliphatic rings. The summed E-state index contributed by atoms with van der Waals surface area (Å²) in [5.41, 5.74) is 2.00. The number of aromatic amines is 1. The van der Waals surface area contributed by atoms with Gasteiger partial charge in [0.05, 0.1) is 17.5 Å². The van der Waals surface area contributed by atoms with Crippen molar-refractivity contribution in [3.8, 4) is 17.0 Å². The summed E-state index contributed by atoms with van der Waals surface area (Å²) >= 11 is 0. The number of benzene rings is 1. The van der Waals surface area contributed by atoms with E-state index in [9.17, 15) is 4.79 Å². The summed E-state index contributed by atoms with van der Waals surface area (Å²) in [5.74, 6) is 0.195. The normalized spacial score (nSPS) is 10.0. The Morgan fingerprint density at radius 1 is 1.29 bits per heavy atom. The van der Waals surface area contributed by atoms with Gasteiger partial charge in [-0.15, -0.1) is 0 Å². The predicted molar refractivity (Wildman–Crippen MR) is 51.1 cm³/mol. The van der Waals surface area contributed by atoms with Crippen LogP contribution in [0.2, 0.25) is 0 Å². The van der Waals surface area contributed by atoms with Crippen molar-refractivity contribution in [1.82, 2.24) is 10.2 Å². The Morgan fingerprint density at radius 2 is 2.00 bits per heavy atom. The third-order valence-electron chi connectivity index (χ3n) is 1.95. The number of phenols is 1. The molecule has 0 atom stereocenters. The van der Waals surface area contributed by atoms with E-state index in [1.807, 2.05) is 0 Å². The van der Waals surface area contributed by atoms with E-state index < -0.39 is 0 Å². The van der Waals surface area contributed by atoms with Crippen molar-refractivity contribution in [3.63, 3.8) is 0 Å². The van der Waals surface area contributed by atoms with Crippen LogP contribution in [0.25, 0.3) is 11.3 Å². The lowest BCUT2D eigenvalue weighted by atomic mass is 10.1. The minimum atomic E-state index is 0.195. The standard InChI is InChI=1S/C10H8N2O2/c13-6-8-5-11-12-10(8)7-1-3-9(14)4-2-7/h1-6,14H,(H,11,12). The van der Waals surface area contributed by atoms with Crippen LogP contribution in [0, 0.1) is 0 Å². The molecule has 0 spiro atoms. The summed E-state index contributed by atoms with van der Waals surface area (Å²) < 4.78 is 0. The van der Waals surface area contributed by atoms with E-state index in [1.165, 1.54) is 6.20 Å². The number of hydrogen-bond acceptors (Lipinski definition) is 3. The summed E-state index contributed by atoms with van der Waals surface area (Å²) in [6.45, 7) is 0. The molecule has 4 heteroatoms. The Labute approximate surface area is 80.2 Å². The second kappa shape index (κ2) is 3.33. The van der Waals surface area contributed by atoms with Crippen molar-refractivity contribution in [3.05, 3.63) is 36.0 Å². The van der Waals surface area contributed by atoms with Crippen LogP contribution >= 0.6 is 0 Å². The van der Waals surface area contributed by atoms with E-state index >= 15 is 0 Å². The fraction of sp³-hybridized carbons (Fsp3) is 0. The van der Waals surface area contributed by atoms with Crippen LogP contribution in [0.4, 0.5) is 0 Å². The first-order valence-corrected chi connectivity index (χ1v) is 4.09. The minimum absolute atomic E-state index is 0.195. The van der Waals surface area contributed by atoms with Gasteiger partial charge in [0.2, 0.25) is 0 Å². The molecule has 70 valence electrons. The van der Waals surface area contributed by atoms with Gasteiger partial charge in [-0.05, 0) is 24.3 Å². The van der Waals surface area contributed by atoms with Crippen LogP contribution in [-0.2, 0) is 0 Å². The molecule has 0 saturated carbocycles. The molecular weight excluding hydrogens is 180 g/mol. The number of aromatic hydroxyl groups is 1. The van der Waals surface area contributed by atoms with Gasteiger partial charge in [0, 0.05) is 5.56 Å². The highest BCUT2D eigenvalue weighted by atomic mass is 16.3. The summed E-state index contributed by atoms with van der Waals surface area (Å²) in [6, 6.07) is 6.56. The topological polar surface area (TPSA) is 66.0 Å². The van der Waals surface area contributed by atoms with E-state index in [-0.39, 0.29) is 5.75 Å². The monoisotopic (exact) mass is 188 g/mol. The lowest BCUT2D eigenvalue weighted by Gasteiger charge is -1.98. The Morgan fingerprint density at radius 3 is 2.64 bits per heavy atom. The average Bonchev–Trinajstić information content (AvgIpc) is 2.67. The molecule has 2 aromatic rings. The molecule has 0 saturated heterocycles. The minimum Gasteiger partial charge on any atom is -0.508 e. The molecule has 0 aliphatic carbocycles. The molecule has 0 amide bonds. The summed E-state index contributed by atoms with van der Waals surface area (Å²) in [5, 5.41) is 15.6. The van der Waals surface area contributed by atoms with Crippen molar-refractivity contribution in [1.29, 1.82) is 0 Å². The largest absolute Gasteiger partial charge is 0.508 e. The van der Waals surface area contributed by atoms with Crippen LogP contribution in [0.5, 0.6) is 5.75 Å². The molecule has 4 nitrogen and oxygen atoms in total. The highest BCUT2D eigenvalue weighted by Crippen LogP contribution is 2.21. The van der Waals surface area contributed by atoms with Crippen LogP contribution in [0.15, 0.2) is 30.5 Å². The molecular formula is C10H8N2O2. The van der Waals surface area contributed by atoms with Crippen molar-refractivity contribution >= 4 is 6.29 Å². The molecule has 0 bridgehead atoms. The third kappa shape index (κ3) is 1.37. The maximum Gasteiger partial charge on any atom is 0.153 e. The SMILES string of the molecule is O=Cc1cn[nH]c1-c1ccc(O)cc1. The average molecular weight is 188 g/mol. The highest BCUT2D eigenvalue weighted by molar-refractivity contribution is 5.85. The van der Waals surface area contributed by atoms with Gasteiger partial charge in [-0.3, -0.25) is 9.89 Å². The zero-order chi connectivity index (χ0) is 9.97. The lowest BCUT2D eigenvalue weighted by Crippen LogP contribution is -1.83. The van der Waals surface area contributed by atoms with E-state index in [0.29, 0.717) is 11.3 Å². The molecule has 2 rings (SSSR count). The van der Waals surface area contributed by atoms with Gasteiger partial charge >= 0.3 is 0 Å². The van der Waals surface area contributed by atoms with Crippen molar-refractivity contribution in [2.45, 2.75) is 0 Å². The first kappa shape index (κ1) is 8.50. The smallest absolute Gasteiger partial charge is 0.153 e. The van der Waals surface area contributed by atoms with E-state index in [1.54, 1.807) is 24.3 Å².